The number of hydrogen-bond acceptors (Lipinski definition) is 3. The monoisotopic (exact) mass is 382 g/mol. The SMILES string of the molecule is O=S(=O)(c1ccc(CNCc2c(F)cccc2Cl)cc1)N1CCCC1. The Morgan fingerprint density at radius 3 is 2.36 bits per heavy atom. The number of benzene rings is 2. The number of nitrogens with zero attached hydrogens (tertiary/aromatic N) is 1. The molecule has 134 valence electrons. The fourth-order valence-corrected chi connectivity index (χ4v) is 4.64. The molecule has 0 bridgehead atoms. The molecule has 0 aromatic heterocycles. The summed E-state index contributed by atoms with van der Waals surface area (Å²) in [7, 11) is -3.38. The summed E-state index contributed by atoms with van der Waals surface area (Å²) in [6.07, 6.45) is 1.83. The number of halogens is 2. The van der Waals surface area contributed by atoms with Crippen LogP contribution < -0.4 is 5.32 Å². The summed E-state index contributed by atoms with van der Waals surface area (Å²) in [5.41, 5.74) is 1.35. The van der Waals surface area contributed by atoms with Gasteiger partial charge in [0, 0.05) is 36.8 Å². The van der Waals surface area contributed by atoms with E-state index < -0.39 is 10.0 Å². The molecular formula is C18H20ClFN2O2S. The lowest BCUT2D eigenvalue weighted by Gasteiger charge is -2.15. The molecule has 0 radical (unpaired) electrons. The normalized spacial score (nSPS) is 15.6. The summed E-state index contributed by atoms with van der Waals surface area (Å²) in [6, 6.07) is 11.4. The van der Waals surface area contributed by atoms with Gasteiger partial charge < -0.3 is 5.32 Å². The molecule has 3 rings (SSSR count). The van der Waals surface area contributed by atoms with Crippen LogP contribution in [0.5, 0.6) is 0 Å². The smallest absolute Gasteiger partial charge is 0.243 e. The summed E-state index contributed by atoms with van der Waals surface area (Å²) in [5.74, 6) is -0.341. The Morgan fingerprint density at radius 2 is 1.72 bits per heavy atom. The summed E-state index contributed by atoms with van der Waals surface area (Å²) in [5, 5.41) is 3.52. The van der Waals surface area contributed by atoms with Crippen LogP contribution in [0.3, 0.4) is 0 Å². The fraction of sp³-hybridized carbons (Fsp3) is 0.333. The maximum atomic E-state index is 13.7. The molecule has 0 atom stereocenters. The van der Waals surface area contributed by atoms with E-state index in [0.717, 1.165) is 18.4 Å². The van der Waals surface area contributed by atoms with Gasteiger partial charge in [-0.1, -0.05) is 29.8 Å². The molecule has 1 N–H and O–H groups in total. The van der Waals surface area contributed by atoms with Gasteiger partial charge in [0.05, 0.1) is 4.90 Å². The van der Waals surface area contributed by atoms with E-state index in [0.29, 0.717) is 41.7 Å². The Labute approximate surface area is 152 Å². The molecule has 0 unspecified atom stereocenters. The average Bonchev–Trinajstić information content (AvgIpc) is 3.13. The highest BCUT2D eigenvalue weighted by molar-refractivity contribution is 7.89. The van der Waals surface area contributed by atoms with Gasteiger partial charge >= 0.3 is 0 Å². The third-order valence-corrected chi connectivity index (χ3v) is 6.59. The van der Waals surface area contributed by atoms with Crippen molar-refractivity contribution in [2.24, 2.45) is 0 Å². The quantitative estimate of drug-likeness (QED) is 0.831. The van der Waals surface area contributed by atoms with Crippen molar-refractivity contribution in [3.05, 3.63) is 64.4 Å². The Bertz CT molecular complexity index is 814. The van der Waals surface area contributed by atoms with Gasteiger partial charge in [0.25, 0.3) is 0 Å². The van der Waals surface area contributed by atoms with Crippen molar-refractivity contribution in [3.63, 3.8) is 0 Å². The van der Waals surface area contributed by atoms with E-state index in [9.17, 15) is 12.8 Å². The molecule has 7 heteroatoms. The van der Waals surface area contributed by atoms with Crippen LogP contribution in [0, 0.1) is 5.82 Å². The van der Waals surface area contributed by atoms with Gasteiger partial charge in [-0.2, -0.15) is 4.31 Å². The zero-order valence-electron chi connectivity index (χ0n) is 13.7. The first-order valence-electron chi connectivity index (χ1n) is 8.21. The van der Waals surface area contributed by atoms with Gasteiger partial charge in [-0.25, -0.2) is 12.8 Å². The summed E-state index contributed by atoms with van der Waals surface area (Å²) >= 11 is 5.99. The second-order valence-corrected chi connectivity index (χ2v) is 8.40. The predicted octanol–water partition coefficient (Wildman–Crippen LogP) is 3.55. The molecule has 1 saturated heterocycles. The molecule has 0 aliphatic carbocycles. The highest BCUT2D eigenvalue weighted by Crippen LogP contribution is 2.21. The number of nitrogens with one attached hydrogen (secondary N) is 1. The lowest BCUT2D eigenvalue weighted by molar-refractivity contribution is 0.477. The van der Waals surface area contributed by atoms with Crippen molar-refractivity contribution in [1.29, 1.82) is 0 Å². The summed E-state index contributed by atoms with van der Waals surface area (Å²) in [4.78, 5) is 0.315. The van der Waals surface area contributed by atoms with Crippen LogP contribution >= 0.6 is 11.6 Å². The van der Waals surface area contributed by atoms with E-state index in [1.807, 2.05) is 0 Å². The maximum absolute atomic E-state index is 13.7. The first kappa shape index (κ1) is 18.3. The molecule has 1 heterocycles. The number of rotatable bonds is 6. The number of hydrogen-bond donors (Lipinski definition) is 1. The first-order chi connectivity index (χ1) is 12.0. The molecule has 2 aromatic carbocycles. The predicted molar refractivity (Wildman–Crippen MR) is 96.4 cm³/mol. The van der Waals surface area contributed by atoms with E-state index >= 15 is 0 Å². The standard InChI is InChI=1S/C18H20ClFN2O2S/c19-17-4-3-5-18(20)16(17)13-21-12-14-6-8-15(9-7-14)25(23,24)22-10-1-2-11-22/h3-9,21H,1-2,10-13H2. The van der Waals surface area contributed by atoms with Gasteiger partial charge in [0.2, 0.25) is 10.0 Å². The minimum absolute atomic E-state index is 0.305. The Balaban J connectivity index is 1.61. The van der Waals surface area contributed by atoms with Crippen molar-refractivity contribution in [3.8, 4) is 0 Å². The van der Waals surface area contributed by atoms with Crippen molar-refractivity contribution >= 4 is 21.6 Å². The molecule has 1 aliphatic rings. The first-order valence-corrected chi connectivity index (χ1v) is 10.0. The Morgan fingerprint density at radius 1 is 1.04 bits per heavy atom. The molecule has 25 heavy (non-hydrogen) atoms. The minimum Gasteiger partial charge on any atom is -0.308 e. The van der Waals surface area contributed by atoms with E-state index in [2.05, 4.69) is 5.32 Å². The van der Waals surface area contributed by atoms with Gasteiger partial charge in [-0.3, -0.25) is 0 Å². The second-order valence-electron chi connectivity index (χ2n) is 6.06. The molecule has 0 spiro atoms. The summed E-state index contributed by atoms with van der Waals surface area (Å²) in [6.45, 7) is 1.98. The zero-order valence-corrected chi connectivity index (χ0v) is 15.3. The van der Waals surface area contributed by atoms with Crippen LogP contribution in [-0.2, 0) is 23.1 Å². The molecule has 0 saturated carbocycles. The largest absolute Gasteiger partial charge is 0.308 e. The third-order valence-electron chi connectivity index (χ3n) is 4.32. The van der Waals surface area contributed by atoms with Crippen LogP contribution in [0.15, 0.2) is 47.4 Å². The maximum Gasteiger partial charge on any atom is 0.243 e. The van der Waals surface area contributed by atoms with Gasteiger partial charge in [-0.05, 0) is 42.7 Å². The van der Waals surface area contributed by atoms with Crippen LogP contribution in [0.2, 0.25) is 5.02 Å². The third kappa shape index (κ3) is 4.20. The van der Waals surface area contributed by atoms with E-state index in [1.54, 1.807) is 36.4 Å². The molecule has 4 nitrogen and oxygen atoms in total. The highest BCUT2D eigenvalue weighted by Gasteiger charge is 2.26. The molecule has 0 amide bonds. The van der Waals surface area contributed by atoms with E-state index in [1.165, 1.54) is 10.4 Å². The van der Waals surface area contributed by atoms with Crippen LogP contribution in [-0.4, -0.2) is 25.8 Å². The average molecular weight is 383 g/mol. The molecule has 2 aromatic rings. The van der Waals surface area contributed by atoms with Crippen molar-refractivity contribution in [2.75, 3.05) is 13.1 Å². The van der Waals surface area contributed by atoms with Gasteiger partial charge in [0.1, 0.15) is 5.82 Å². The van der Waals surface area contributed by atoms with Crippen LogP contribution in [0.4, 0.5) is 4.39 Å². The Kier molecular flexibility index (Phi) is 5.74. The van der Waals surface area contributed by atoms with Crippen molar-refractivity contribution < 1.29 is 12.8 Å². The Hall–Kier alpha value is -1.47. The zero-order chi connectivity index (χ0) is 17.9. The molecular weight excluding hydrogens is 363 g/mol. The van der Waals surface area contributed by atoms with Gasteiger partial charge in [0.15, 0.2) is 0 Å². The van der Waals surface area contributed by atoms with E-state index in [-0.39, 0.29) is 5.82 Å². The molecule has 1 fully saturated rings. The highest BCUT2D eigenvalue weighted by atomic mass is 35.5. The van der Waals surface area contributed by atoms with Crippen molar-refractivity contribution in [1.82, 2.24) is 9.62 Å². The van der Waals surface area contributed by atoms with Crippen molar-refractivity contribution in [2.45, 2.75) is 30.8 Å². The van der Waals surface area contributed by atoms with E-state index in [4.69, 9.17) is 11.6 Å². The lowest BCUT2D eigenvalue weighted by atomic mass is 10.2. The van der Waals surface area contributed by atoms with Crippen LogP contribution in [0.25, 0.3) is 0 Å². The topological polar surface area (TPSA) is 49.4 Å². The van der Waals surface area contributed by atoms with Gasteiger partial charge in [-0.15, -0.1) is 0 Å². The summed E-state index contributed by atoms with van der Waals surface area (Å²) < 4.78 is 40.2. The second kappa shape index (κ2) is 7.83. The fourth-order valence-electron chi connectivity index (χ4n) is 2.89. The lowest BCUT2D eigenvalue weighted by Crippen LogP contribution is -2.27. The number of sulfonamides is 1. The minimum atomic E-state index is -3.38. The molecule has 1 aliphatic heterocycles. The van der Waals surface area contributed by atoms with Crippen LogP contribution in [0.1, 0.15) is 24.0 Å².